The molecular formula is C31H53NO. The van der Waals surface area contributed by atoms with Gasteiger partial charge in [0, 0.05) is 19.7 Å². The highest BCUT2D eigenvalue weighted by Crippen LogP contribution is 2.15. The van der Waals surface area contributed by atoms with E-state index in [9.17, 15) is 4.79 Å². The van der Waals surface area contributed by atoms with Crippen molar-refractivity contribution in [2.24, 2.45) is 0 Å². The Balaban J connectivity index is 1.87. The van der Waals surface area contributed by atoms with E-state index in [2.05, 4.69) is 19.1 Å². The van der Waals surface area contributed by atoms with Crippen molar-refractivity contribution in [1.29, 1.82) is 0 Å². The normalized spacial score (nSPS) is 11.7. The van der Waals surface area contributed by atoms with E-state index in [4.69, 9.17) is 0 Å². The fourth-order valence-electron chi connectivity index (χ4n) is 4.44. The van der Waals surface area contributed by atoms with Crippen molar-refractivity contribution in [3.63, 3.8) is 0 Å². The minimum absolute atomic E-state index is 0.114. The number of hydrogen-bond donors (Lipinski definition) is 0. The quantitative estimate of drug-likeness (QED) is 0.133. The molecule has 0 heterocycles. The number of carbonyl (C=O) groups is 1. The van der Waals surface area contributed by atoms with E-state index >= 15 is 0 Å². The van der Waals surface area contributed by atoms with Crippen LogP contribution in [0.1, 0.15) is 135 Å². The van der Waals surface area contributed by atoms with Gasteiger partial charge < -0.3 is 4.90 Å². The molecule has 188 valence electrons. The third-order valence-electron chi connectivity index (χ3n) is 6.79. The molecule has 0 aliphatic rings. The molecule has 1 rings (SSSR count). The molecular weight excluding hydrogens is 402 g/mol. The fourth-order valence-corrected chi connectivity index (χ4v) is 4.44. The van der Waals surface area contributed by atoms with Crippen LogP contribution >= 0.6 is 0 Å². The molecule has 1 amide bonds. The topological polar surface area (TPSA) is 20.3 Å². The Morgan fingerprint density at radius 2 is 1.06 bits per heavy atom. The highest BCUT2D eigenvalue weighted by Gasteiger charge is 2.06. The first-order valence-electron chi connectivity index (χ1n) is 14.1. The van der Waals surface area contributed by atoms with Crippen LogP contribution in [0, 0.1) is 0 Å². The van der Waals surface area contributed by atoms with Crippen molar-refractivity contribution < 1.29 is 4.79 Å². The van der Waals surface area contributed by atoms with Crippen molar-refractivity contribution in [3.8, 4) is 0 Å². The Labute approximate surface area is 206 Å². The van der Waals surface area contributed by atoms with Crippen molar-refractivity contribution in [1.82, 2.24) is 4.90 Å². The zero-order valence-corrected chi connectivity index (χ0v) is 22.3. The lowest BCUT2D eigenvalue weighted by Gasteiger charge is -2.15. The van der Waals surface area contributed by atoms with Crippen molar-refractivity contribution in [2.45, 2.75) is 129 Å². The van der Waals surface area contributed by atoms with Crippen LogP contribution in [0.4, 0.5) is 0 Å². The highest BCUT2D eigenvalue weighted by molar-refractivity contribution is 5.94. The van der Waals surface area contributed by atoms with E-state index < -0.39 is 0 Å². The second-order valence-corrected chi connectivity index (χ2v) is 9.96. The number of unbranched alkanes of at least 4 members (excludes halogenated alkanes) is 17. The number of rotatable bonds is 21. The van der Waals surface area contributed by atoms with E-state index in [0.717, 1.165) is 24.1 Å². The van der Waals surface area contributed by atoms with Crippen LogP contribution in [-0.4, -0.2) is 24.4 Å². The average Bonchev–Trinajstić information content (AvgIpc) is 2.83. The highest BCUT2D eigenvalue weighted by atomic mass is 16.2. The molecule has 0 radical (unpaired) electrons. The SMILES string of the molecule is CCCCCCCCCCCCCCCCCCCCN(C)C(=O)/C=C(\C)c1ccccc1. The van der Waals surface area contributed by atoms with Gasteiger partial charge in [-0.2, -0.15) is 0 Å². The molecule has 2 nitrogen and oxygen atoms in total. The van der Waals surface area contributed by atoms with Gasteiger partial charge in [0.15, 0.2) is 0 Å². The summed E-state index contributed by atoms with van der Waals surface area (Å²) in [7, 11) is 1.92. The van der Waals surface area contributed by atoms with Crippen LogP contribution in [0.3, 0.4) is 0 Å². The number of hydrogen-bond acceptors (Lipinski definition) is 1. The smallest absolute Gasteiger partial charge is 0.246 e. The van der Waals surface area contributed by atoms with Gasteiger partial charge in [0.25, 0.3) is 0 Å². The first-order valence-corrected chi connectivity index (χ1v) is 14.1. The zero-order chi connectivity index (χ0) is 24.0. The van der Waals surface area contributed by atoms with Gasteiger partial charge in [-0.25, -0.2) is 0 Å². The summed E-state index contributed by atoms with van der Waals surface area (Å²) in [6, 6.07) is 10.1. The molecule has 0 saturated carbocycles. The third kappa shape index (κ3) is 16.7. The molecule has 0 aromatic heterocycles. The molecule has 1 aromatic carbocycles. The van der Waals surface area contributed by atoms with Crippen molar-refractivity contribution in [2.75, 3.05) is 13.6 Å². The molecule has 33 heavy (non-hydrogen) atoms. The van der Waals surface area contributed by atoms with E-state index in [-0.39, 0.29) is 5.91 Å². The lowest BCUT2D eigenvalue weighted by Crippen LogP contribution is -2.26. The zero-order valence-electron chi connectivity index (χ0n) is 22.3. The summed E-state index contributed by atoms with van der Waals surface area (Å²) < 4.78 is 0. The maximum Gasteiger partial charge on any atom is 0.246 e. The molecule has 0 atom stereocenters. The fraction of sp³-hybridized carbons (Fsp3) is 0.710. The van der Waals surface area contributed by atoms with E-state index in [1.165, 1.54) is 109 Å². The van der Waals surface area contributed by atoms with Gasteiger partial charge in [-0.05, 0) is 24.5 Å². The summed E-state index contributed by atoms with van der Waals surface area (Å²) in [5, 5.41) is 0. The first-order chi connectivity index (χ1) is 16.1. The largest absolute Gasteiger partial charge is 0.342 e. The van der Waals surface area contributed by atoms with Gasteiger partial charge in [-0.1, -0.05) is 146 Å². The number of likely N-dealkylation sites (N-methyl/N-ethyl adjacent to an activating group) is 1. The summed E-state index contributed by atoms with van der Waals surface area (Å²) in [4.78, 5) is 14.2. The summed E-state index contributed by atoms with van der Waals surface area (Å²) in [5.74, 6) is 0.114. The lowest BCUT2D eigenvalue weighted by atomic mass is 10.0. The van der Waals surface area contributed by atoms with E-state index in [1.54, 1.807) is 6.08 Å². The standard InChI is InChI=1S/C31H53NO/c1-4-5-6-7-8-9-10-11-12-13-14-15-16-17-18-19-20-24-27-32(3)31(33)28-29(2)30-25-22-21-23-26-30/h21-23,25-26,28H,4-20,24,27H2,1-3H3/b29-28+. The van der Waals surface area contributed by atoms with E-state index in [0.29, 0.717) is 0 Å². The van der Waals surface area contributed by atoms with Gasteiger partial charge in [0.1, 0.15) is 0 Å². The predicted molar refractivity (Wildman–Crippen MR) is 147 cm³/mol. The molecule has 0 unspecified atom stereocenters. The first kappa shape index (κ1) is 29.5. The van der Waals surface area contributed by atoms with Gasteiger partial charge in [-0.15, -0.1) is 0 Å². The Kier molecular flexibility index (Phi) is 18.7. The van der Waals surface area contributed by atoms with Gasteiger partial charge in [0.2, 0.25) is 5.91 Å². The molecule has 0 fully saturated rings. The molecule has 0 spiro atoms. The minimum Gasteiger partial charge on any atom is -0.342 e. The van der Waals surface area contributed by atoms with E-state index in [1.807, 2.05) is 37.1 Å². The molecule has 2 heteroatoms. The number of allylic oxidation sites excluding steroid dienone is 1. The van der Waals surface area contributed by atoms with Crippen LogP contribution in [-0.2, 0) is 4.79 Å². The van der Waals surface area contributed by atoms with Crippen LogP contribution in [0.25, 0.3) is 5.57 Å². The van der Waals surface area contributed by atoms with Crippen LogP contribution in [0.5, 0.6) is 0 Å². The number of carbonyl (C=O) groups excluding carboxylic acids is 1. The predicted octanol–water partition coefficient (Wildman–Crippen LogP) is 9.59. The van der Waals surface area contributed by atoms with Crippen LogP contribution < -0.4 is 0 Å². The molecule has 0 N–H and O–H groups in total. The summed E-state index contributed by atoms with van der Waals surface area (Å²) in [5.41, 5.74) is 2.15. The van der Waals surface area contributed by atoms with Crippen LogP contribution in [0.15, 0.2) is 36.4 Å². The van der Waals surface area contributed by atoms with Crippen molar-refractivity contribution >= 4 is 11.5 Å². The van der Waals surface area contributed by atoms with Gasteiger partial charge in [-0.3, -0.25) is 4.79 Å². The van der Waals surface area contributed by atoms with Gasteiger partial charge >= 0.3 is 0 Å². The average molecular weight is 456 g/mol. The Morgan fingerprint density at radius 3 is 1.48 bits per heavy atom. The van der Waals surface area contributed by atoms with Crippen LogP contribution in [0.2, 0.25) is 0 Å². The second kappa shape index (κ2) is 21.0. The molecule has 0 bridgehead atoms. The Morgan fingerprint density at radius 1 is 0.667 bits per heavy atom. The second-order valence-electron chi connectivity index (χ2n) is 9.96. The number of nitrogens with zero attached hydrogens (tertiary/aromatic N) is 1. The molecule has 0 aliphatic carbocycles. The molecule has 0 saturated heterocycles. The molecule has 1 aromatic rings. The monoisotopic (exact) mass is 455 g/mol. The third-order valence-corrected chi connectivity index (χ3v) is 6.79. The lowest BCUT2D eigenvalue weighted by molar-refractivity contribution is -0.124. The van der Waals surface area contributed by atoms with Gasteiger partial charge in [0.05, 0.1) is 0 Å². The Bertz CT molecular complexity index is 607. The Hall–Kier alpha value is -1.57. The molecule has 0 aliphatic heterocycles. The summed E-state index contributed by atoms with van der Waals surface area (Å²) >= 11 is 0. The van der Waals surface area contributed by atoms with Crippen molar-refractivity contribution in [3.05, 3.63) is 42.0 Å². The summed E-state index contributed by atoms with van der Waals surface area (Å²) in [6.45, 7) is 5.16. The number of benzene rings is 1. The number of amides is 1. The maximum atomic E-state index is 12.4. The summed E-state index contributed by atoms with van der Waals surface area (Å²) in [6.07, 6.45) is 26.8. The maximum absolute atomic E-state index is 12.4. The minimum atomic E-state index is 0.114.